The molecule has 0 aliphatic carbocycles. The Hall–Kier alpha value is -1.88. The Bertz CT molecular complexity index is 745. The first-order valence-corrected chi connectivity index (χ1v) is 11.3. The van der Waals surface area contributed by atoms with Gasteiger partial charge in [-0.05, 0) is 49.3 Å². The van der Waals surface area contributed by atoms with E-state index in [9.17, 15) is 9.59 Å². The molecule has 0 radical (unpaired) electrons. The van der Waals surface area contributed by atoms with Crippen molar-refractivity contribution in [1.29, 1.82) is 0 Å². The first kappa shape index (κ1) is 20.4. The van der Waals surface area contributed by atoms with E-state index in [1.54, 1.807) is 4.90 Å². The van der Waals surface area contributed by atoms with Crippen LogP contribution in [0.5, 0.6) is 0 Å². The fraction of sp³-hybridized carbons (Fsp3) is 0.667. The van der Waals surface area contributed by atoms with Gasteiger partial charge in [-0.15, -0.1) is 0 Å². The lowest BCUT2D eigenvalue weighted by atomic mass is 9.79. The number of carbonyl (C=O) groups is 2. The highest BCUT2D eigenvalue weighted by molar-refractivity contribution is 5.86. The summed E-state index contributed by atoms with van der Waals surface area (Å²) in [6.07, 6.45) is 5.00. The van der Waals surface area contributed by atoms with Crippen molar-refractivity contribution in [3.8, 4) is 0 Å². The Balaban J connectivity index is 1.33. The van der Waals surface area contributed by atoms with E-state index in [0.717, 1.165) is 52.1 Å². The van der Waals surface area contributed by atoms with Crippen LogP contribution in [0.25, 0.3) is 0 Å². The van der Waals surface area contributed by atoms with Crippen LogP contribution in [0.4, 0.5) is 0 Å². The number of benzene rings is 1. The number of piperidine rings is 1. The van der Waals surface area contributed by atoms with Gasteiger partial charge in [-0.1, -0.05) is 38.1 Å². The lowest BCUT2D eigenvalue weighted by Crippen LogP contribution is -2.46. The molecule has 3 heterocycles. The number of hydrogen-bond donors (Lipinski definition) is 0. The summed E-state index contributed by atoms with van der Waals surface area (Å²) in [5.41, 5.74) is 3.01. The molecule has 1 aromatic rings. The van der Waals surface area contributed by atoms with Gasteiger partial charge in [0.05, 0.1) is 6.54 Å². The number of hydrogen-bond acceptors (Lipinski definition) is 3. The number of nitrogens with zero attached hydrogens (tertiary/aromatic N) is 3. The first-order valence-electron chi connectivity index (χ1n) is 11.3. The van der Waals surface area contributed by atoms with Gasteiger partial charge in [0.25, 0.3) is 0 Å². The standard InChI is InChI=1S/C24H35N3O2/c1-19(2)21-8-6-20(7-9-21)15-25-12-4-10-24(17-25)11-14-27(18-24)23(29)16-26-13-3-5-22(26)28/h6-9,19H,3-5,10-18H2,1-2H3/t24-/m1/s1. The molecule has 2 amide bonds. The van der Waals surface area contributed by atoms with Gasteiger partial charge in [0.2, 0.25) is 11.8 Å². The quantitative estimate of drug-likeness (QED) is 0.766. The van der Waals surface area contributed by atoms with Crippen molar-refractivity contribution in [2.24, 2.45) is 5.41 Å². The maximum absolute atomic E-state index is 12.8. The molecule has 4 rings (SSSR count). The van der Waals surface area contributed by atoms with E-state index in [1.165, 1.54) is 24.0 Å². The number of likely N-dealkylation sites (tertiary alicyclic amines) is 3. The van der Waals surface area contributed by atoms with E-state index in [0.29, 0.717) is 12.3 Å². The minimum absolute atomic E-state index is 0.138. The van der Waals surface area contributed by atoms with Crippen molar-refractivity contribution in [2.75, 3.05) is 39.3 Å². The van der Waals surface area contributed by atoms with Crippen LogP contribution in [-0.4, -0.2) is 65.8 Å². The van der Waals surface area contributed by atoms with Crippen LogP contribution in [0.3, 0.4) is 0 Å². The van der Waals surface area contributed by atoms with Crippen LogP contribution < -0.4 is 0 Å². The van der Waals surface area contributed by atoms with Gasteiger partial charge < -0.3 is 9.80 Å². The molecule has 0 bridgehead atoms. The Kier molecular flexibility index (Phi) is 5.95. The average Bonchev–Trinajstić information content (AvgIpc) is 3.29. The zero-order chi connectivity index (χ0) is 20.4. The molecule has 0 unspecified atom stereocenters. The van der Waals surface area contributed by atoms with E-state index in [1.807, 2.05) is 4.90 Å². The van der Waals surface area contributed by atoms with Crippen LogP contribution in [0.15, 0.2) is 24.3 Å². The third kappa shape index (κ3) is 4.66. The zero-order valence-corrected chi connectivity index (χ0v) is 18.0. The average molecular weight is 398 g/mol. The van der Waals surface area contributed by atoms with E-state index < -0.39 is 0 Å². The van der Waals surface area contributed by atoms with Crippen LogP contribution in [0, 0.1) is 5.41 Å². The van der Waals surface area contributed by atoms with E-state index in [-0.39, 0.29) is 23.8 Å². The van der Waals surface area contributed by atoms with Gasteiger partial charge in [0.15, 0.2) is 0 Å². The van der Waals surface area contributed by atoms with Gasteiger partial charge in [-0.2, -0.15) is 0 Å². The second-order valence-electron chi connectivity index (χ2n) is 9.69. The van der Waals surface area contributed by atoms with E-state index >= 15 is 0 Å². The SMILES string of the molecule is CC(C)c1ccc(CN2CCC[C@@]3(CCN(C(=O)CN4CCCC4=O)C3)C2)cc1. The maximum atomic E-state index is 12.8. The van der Waals surface area contributed by atoms with Gasteiger partial charge in [-0.25, -0.2) is 0 Å². The first-order chi connectivity index (χ1) is 13.9. The molecule has 5 heteroatoms. The monoisotopic (exact) mass is 397 g/mol. The Labute approximate surface area is 175 Å². The lowest BCUT2D eigenvalue weighted by Gasteiger charge is -2.40. The normalized spacial score (nSPS) is 25.6. The van der Waals surface area contributed by atoms with Gasteiger partial charge in [0, 0.05) is 44.6 Å². The molecule has 3 saturated heterocycles. The molecule has 0 N–H and O–H groups in total. The Morgan fingerprint density at radius 2 is 1.83 bits per heavy atom. The summed E-state index contributed by atoms with van der Waals surface area (Å²) in [5.74, 6) is 0.846. The predicted octanol–water partition coefficient (Wildman–Crippen LogP) is 3.25. The number of amides is 2. The molecule has 0 aromatic heterocycles. The maximum Gasteiger partial charge on any atom is 0.242 e. The zero-order valence-electron chi connectivity index (χ0n) is 18.0. The minimum atomic E-state index is 0.138. The summed E-state index contributed by atoms with van der Waals surface area (Å²) in [7, 11) is 0. The highest BCUT2D eigenvalue weighted by atomic mass is 16.2. The summed E-state index contributed by atoms with van der Waals surface area (Å²) < 4.78 is 0. The van der Waals surface area contributed by atoms with Crippen molar-refractivity contribution < 1.29 is 9.59 Å². The van der Waals surface area contributed by atoms with Crippen molar-refractivity contribution in [1.82, 2.24) is 14.7 Å². The molecule has 3 aliphatic rings. The molecular weight excluding hydrogens is 362 g/mol. The van der Waals surface area contributed by atoms with Crippen LogP contribution >= 0.6 is 0 Å². The fourth-order valence-electron chi connectivity index (χ4n) is 5.33. The molecule has 1 aromatic carbocycles. The third-order valence-corrected chi connectivity index (χ3v) is 7.08. The summed E-state index contributed by atoms with van der Waals surface area (Å²) in [6, 6.07) is 9.06. The highest BCUT2D eigenvalue weighted by Gasteiger charge is 2.43. The molecule has 0 saturated carbocycles. The van der Waals surface area contributed by atoms with Crippen molar-refractivity contribution in [2.45, 2.75) is 58.4 Å². The smallest absolute Gasteiger partial charge is 0.242 e. The predicted molar refractivity (Wildman–Crippen MR) is 114 cm³/mol. The molecule has 1 atom stereocenters. The summed E-state index contributed by atoms with van der Waals surface area (Å²) in [6.45, 7) is 10.4. The number of rotatable bonds is 5. The van der Waals surface area contributed by atoms with Gasteiger partial charge >= 0.3 is 0 Å². The lowest BCUT2D eigenvalue weighted by molar-refractivity contribution is -0.138. The summed E-state index contributed by atoms with van der Waals surface area (Å²) in [4.78, 5) is 30.9. The Morgan fingerprint density at radius 3 is 2.52 bits per heavy atom. The van der Waals surface area contributed by atoms with Gasteiger partial charge in [-0.3, -0.25) is 14.5 Å². The van der Waals surface area contributed by atoms with Crippen molar-refractivity contribution >= 4 is 11.8 Å². The minimum Gasteiger partial charge on any atom is -0.341 e. The molecule has 3 aliphatic heterocycles. The fourth-order valence-corrected chi connectivity index (χ4v) is 5.33. The summed E-state index contributed by atoms with van der Waals surface area (Å²) >= 11 is 0. The highest BCUT2D eigenvalue weighted by Crippen LogP contribution is 2.39. The van der Waals surface area contributed by atoms with Crippen LogP contribution in [0.1, 0.15) is 63.0 Å². The molecule has 1 spiro atoms. The van der Waals surface area contributed by atoms with Crippen LogP contribution in [-0.2, 0) is 16.1 Å². The van der Waals surface area contributed by atoms with Crippen molar-refractivity contribution in [3.05, 3.63) is 35.4 Å². The number of carbonyl (C=O) groups excluding carboxylic acids is 2. The van der Waals surface area contributed by atoms with E-state index in [2.05, 4.69) is 43.0 Å². The molecule has 3 fully saturated rings. The van der Waals surface area contributed by atoms with Gasteiger partial charge in [0.1, 0.15) is 0 Å². The second-order valence-corrected chi connectivity index (χ2v) is 9.69. The molecule has 5 nitrogen and oxygen atoms in total. The topological polar surface area (TPSA) is 43.9 Å². The van der Waals surface area contributed by atoms with Crippen LogP contribution in [0.2, 0.25) is 0 Å². The Morgan fingerprint density at radius 1 is 1.03 bits per heavy atom. The molecular formula is C24H35N3O2. The van der Waals surface area contributed by atoms with Crippen molar-refractivity contribution in [3.63, 3.8) is 0 Å². The van der Waals surface area contributed by atoms with E-state index in [4.69, 9.17) is 0 Å². The summed E-state index contributed by atoms with van der Waals surface area (Å²) in [5, 5.41) is 0. The second kappa shape index (κ2) is 8.47. The largest absolute Gasteiger partial charge is 0.341 e. The molecule has 158 valence electrons. The molecule has 29 heavy (non-hydrogen) atoms. The third-order valence-electron chi connectivity index (χ3n) is 7.08.